The SMILES string of the molecule is [CH2]CC(C)(N)N. The van der Waals surface area contributed by atoms with Gasteiger partial charge in [0, 0.05) is 0 Å². The van der Waals surface area contributed by atoms with E-state index in [1.165, 1.54) is 0 Å². The standard InChI is InChI=1S/C4H11N2/c1-3-4(2,5)6/h1,3,5-6H2,2H3. The van der Waals surface area contributed by atoms with Gasteiger partial charge in [-0.3, -0.25) is 0 Å². The lowest BCUT2D eigenvalue weighted by Crippen LogP contribution is -2.45. The summed E-state index contributed by atoms with van der Waals surface area (Å²) in [4.78, 5) is 0. The van der Waals surface area contributed by atoms with Crippen molar-refractivity contribution in [2.75, 3.05) is 0 Å². The van der Waals surface area contributed by atoms with Gasteiger partial charge in [-0.1, -0.05) is 6.92 Å². The van der Waals surface area contributed by atoms with Crippen LogP contribution >= 0.6 is 0 Å². The number of rotatable bonds is 1. The van der Waals surface area contributed by atoms with E-state index in [0.29, 0.717) is 6.42 Å². The molecular formula is C4H11N2. The zero-order chi connectivity index (χ0) is 5.21. The second kappa shape index (κ2) is 1.58. The van der Waals surface area contributed by atoms with Crippen LogP contribution < -0.4 is 11.5 Å². The van der Waals surface area contributed by atoms with Gasteiger partial charge >= 0.3 is 0 Å². The van der Waals surface area contributed by atoms with Crippen molar-refractivity contribution in [2.24, 2.45) is 11.5 Å². The summed E-state index contributed by atoms with van der Waals surface area (Å²) >= 11 is 0. The van der Waals surface area contributed by atoms with Gasteiger partial charge in [0.1, 0.15) is 0 Å². The Bertz CT molecular complexity index is 35.3. The van der Waals surface area contributed by atoms with Crippen LogP contribution in [0.15, 0.2) is 0 Å². The first-order valence-electron chi connectivity index (χ1n) is 1.93. The molecule has 0 heterocycles. The average molecular weight is 87.1 g/mol. The minimum Gasteiger partial charge on any atom is -0.314 e. The summed E-state index contributed by atoms with van der Waals surface area (Å²) in [5.74, 6) is 0. The van der Waals surface area contributed by atoms with E-state index in [4.69, 9.17) is 11.5 Å². The third-order valence-corrected chi connectivity index (χ3v) is 0.539. The Kier molecular flexibility index (Phi) is 1.56. The van der Waals surface area contributed by atoms with E-state index in [1.54, 1.807) is 6.92 Å². The van der Waals surface area contributed by atoms with Crippen molar-refractivity contribution in [1.82, 2.24) is 0 Å². The second-order valence-corrected chi connectivity index (χ2v) is 1.76. The van der Waals surface area contributed by atoms with Gasteiger partial charge in [0.05, 0.1) is 5.66 Å². The summed E-state index contributed by atoms with van der Waals surface area (Å²) in [7, 11) is 0. The van der Waals surface area contributed by atoms with E-state index in [2.05, 4.69) is 6.92 Å². The van der Waals surface area contributed by atoms with Gasteiger partial charge in [-0.05, 0) is 13.3 Å². The van der Waals surface area contributed by atoms with Crippen molar-refractivity contribution >= 4 is 0 Å². The van der Waals surface area contributed by atoms with Crippen LogP contribution in [0, 0.1) is 6.92 Å². The van der Waals surface area contributed by atoms with Crippen LogP contribution in [0.4, 0.5) is 0 Å². The smallest absolute Gasteiger partial charge is 0.0607 e. The summed E-state index contributed by atoms with van der Waals surface area (Å²) in [5, 5.41) is 0. The molecule has 0 aliphatic carbocycles. The molecule has 2 nitrogen and oxygen atoms in total. The van der Waals surface area contributed by atoms with Crippen molar-refractivity contribution < 1.29 is 0 Å². The quantitative estimate of drug-likeness (QED) is 0.437. The molecule has 0 atom stereocenters. The molecule has 6 heavy (non-hydrogen) atoms. The van der Waals surface area contributed by atoms with Crippen LogP contribution in [0.2, 0.25) is 0 Å². The predicted molar refractivity (Wildman–Crippen MR) is 26.8 cm³/mol. The first-order valence-corrected chi connectivity index (χ1v) is 1.93. The number of hydrogen-bond donors (Lipinski definition) is 2. The fourth-order valence-electron chi connectivity index (χ4n) is 0. The van der Waals surface area contributed by atoms with Crippen LogP contribution in [0.3, 0.4) is 0 Å². The van der Waals surface area contributed by atoms with E-state index < -0.39 is 5.66 Å². The summed E-state index contributed by atoms with van der Waals surface area (Å²) in [5.41, 5.74) is 9.93. The molecule has 0 aromatic heterocycles. The number of nitrogens with two attached hydrogens (primary N) is 2. The lowest BCUT2D eigenvalue weighted by molar-refractivity contribution is 0.496. The molecule has 0 aromatic rings. The maximum absolute atomic E-state index is 5.25. The molecule has 0 fully saturated rings. The van der Waals surface area contributed by atoms with Gasteiger partial charge in [-0.25, -0.2) is 0 Å². The zero-order valence-electron chi connectivity index (χ0n) is 4.07. The molecule has 0 amide bonds. The maximum Gasteiger partial charge on any atom is 0.0607 e. The molecular weight excluding hydrogens is 76.1 g/mol. The first-order chi connectivity index (χ1) is 2.56. The van der Waals surface area contributed by atoms with E-state index in [-0.39, 0.29) is 0 Å². The highest BCUT2D eigenvalue weighted by Crippen LogP contribution is 1.89. The Morgan fingerprint density at radius 3 is 1.83 bits per heavy atom. The van der Waals surface area contributed by atoms with Gasteiger partial charge in [0.25, 0.3) is 0 Å². The highest BCUT2D eigenvalue weighted by atomic mass is 14.9. The lowest BCUT2D eigenvalue weighted by atomic mass is 10.2. The van der Waals surface area contributed by atoms with Crippen LogP contribution in [0.1, 0.15) is 13.3 Å². The van der Waals surface area contributed by atoms with Crippen LogP contribution in [-0.4, -0.2) is 5.66 Å². The molecule has 0 saturated carbocycles. The van der Waals surface area contributed by atoms with E-state index in [1.807, 2.05) is 0 Å². The molecule has 0 unspecified atom stereocenters. The van der Waals surface area contributed by atoms with Crippen molar-refractivity contribution in [1.29, 1.82) is 0 Å². The van der Waals surface area contributed by atoms with Gasteiger partial charge in [0.2, 0.25) is 0 Å². The molecule has 0 spiro atoms. The first kappa shape index (κ1) is 5.92. The van der Waals surface area contributed by atoms with Crippen LogP contribution in [0.25, 0.3) is 0 Å². The van der Waals surface area contributed by atoms with Gasteiger partial charge in [-0.15, -0.1) is 0 Å². The maximum atomic E-state index is 5.25. The molecule has 0 rings (SSSR count). The molecule has 0 aliphatic heterocycles. The fourth-order valence-corrected chi connectivity index (χ4v) is 0. The normalized spacial score (nSPS) is 12.0. The third-order valence-electron chi connectivity index (χ3n) is 0.539. The van der Waals surface area contributed by atoms with Crippen molar-refractivity contribution in [2.45, 2.75) is 19.0 Å². The highest BCUT2D eigenvalue weighted by molar-refractivity contribution is 4.69. The van der Waals surface area contributed by atoms with Crippen LogP contribution in [0.5, 0.6) is 0 Å². The Morgan fingerprint density at radius 1 is 1.67 bits per heavy atom. The molecule has 4 N–H and O–H groups in total. The second-order valence-electron chi connectivity index (χ2n) is 1.76. The molecule has 0 saturated heterocycles. The van der Waals surface area contributed by atoms with Gasteiger partial charge < -0.3 is 11.5 Å². The van der Waals surface area contributed by atoms with Gasteiger partial charge in [-0.2, -0.15) is 0 Å². The Balaban J connectivity index is 3.17. The van der Waals surface area contributed by atoms with E-state index in [0.717, 1.165) is 0 Å². The molecule has 0 aromatic carbocycles. The number of hydrogen-bond acceptors (Lipinski definition) is 2. The van der Waals surface area contributed by atoms with E-state index >= 15 is 0 Å². The average Bonchev–Trinajstić information content (AvgIpc) is 1.35. The minimum atomic E-state index is -0.569. The molecule has 0 aliphatic rings. The fraction of sp³-hybridized carbons (Fsp3) is 0.750. The Labute approximate surface area is 38.5 Å². The summed E-state index contributed by atoms with van der Waals surface area (Å²) in [6.45, 7) is 5.24. The van der Waals surface area contributed by atoms with E-state index in [9.17, 15) is 0 Å². The van der Waals surface area contributed by atoms with Crippen molar-refractivity contribution in [3.63, 3.8) is 0 Å². The molecule has 1 radical (unpaired) electrons. The topological polar surface area (TPSA) is 52.0 Å². The zero-order valence-corrected chi connectivity index (χ0v) is 4.07. The molecule has 37 valence electrons. The molecule has 2 heteroatoms. The Morgan fingerprint density at radius 2 is 1.83 bits per heavy atom. The largest absolute Gasteiger partial charge is 0.314 e. The highest BCUT2D eigenvalue weighted by Gasteiger charge is 2.03. The summed E-state index contributed by atoms with van der Waals surface area (Å²) in [6.07, 6.45) is 0.576. The predicted octanol–water partition coefficient (Wildman–Crippen LogP) is -0.156. The van der Waals surface area contributed by atoms with Crippen LogP contribution in [-0.2, 0) is 0 Å². The Hall–Kier alpha value is -0.0800. The monoisotopic (exact) mass is 87.1 g/mol. The molecule has 0 bridgehead atoms. The third kappa shape index (κ3) is 3.92. The summed E-state index contributed by atoms with van der Waals surface area (Å²) < 4.78 is 0. The van der Waals surface area contributed by atoms with Gasteiger partial charge in [0.15, 0.2) is 0 Å². The lowest BCUT2D eigenvalue weighted by Gasteiger charge is -2.13. The van der Waals surface area contributed by atoms with Crippen molar-refractivity contribution in [3.8, 4) is 0 Å². The summed E-state index contributed by atoms with van der Waals surface area (Å²) in [6, 6.07) is 0. The van der Waals surface area contributed by atoms with Crippen molar-refractivity contribution in [3.05, 3.63) is 6.92 Å². The minimum absolute atomic E-state index is 0.569.